The second kappa shape index (κ2) is 5.49. The molecule has 0 saturated carbocycles. The van der Waals surface area contributed by atoms with Gasteiger partial charge in [-0.1, -0.05) is 24.9 Å². The molecule has 0 aliphatic rings. The highest BCUT2D eigenvalue weighted by Gasteiger charge is 2.10. The van der Waals surface area contributed by atoms with Gasteiger partial charge < -0.3 is 4.98 Å². The highest BCUT2D eigenvalue weighted by molar-refractivity contribution is 14.1. The molecule has 2 heterocycles. The number of thiophene rings is 1. The summed E-state index contributed by atoms with van der Waals surface area (Å²) in [5.74, 6) is 0.607. The number of aryl methyl sites for hydroxylation is 1. The summed E-state index contributed by atoms with van der Waals surface area (Å²) in [5.41, 5.74) is 0.778. The molecule has 0 radical (unpaired) electrons. The van der Waals surface area contributed by atoms with Crippen LogP contribution in [-0.2, 0) is 6.42 Å². The lowest BCUT2D eigenvalue weighted by Gasteiger charge is -2.04. The van der Waals surface area contributed by atoms with Gasteiger partial charge in [0.15, 0.2) is 5.82 Å². The van der Waals surface area contributed by atoms with Crippen molar-refractivity contribution < 1.29 is 0 Å². The molecule has 90 valence electrons. The topological polar surface area (TPSA) is 45.8 Å². The molecule has 0 atom stereocenters. The number of nitrogens with zero attached hydrogens (tertiary/aromatic N) is 1. The lowest BCUT2D eigenvalue weighted by atomic mass is 10.2. The van der Waals surface area contributed by atoms with E-state index in [2.05, 4.69) is 16.9 Å². The number of aromatic amines is 1. The summed E-state index contributed by atoms with van der Waals surface area (Å²) in [5, 5.41) is 0. The summed E-state index contributed by atoms with van der Waals surface area (Å²) in [7, 11) is 0. The smallest absolute Gasteiger partial charge is 0.264 e. The molecule has 0 fully saturated rings. The van der Waals surface area contributed by atoms with E-state index in [1.807, 2.05) is 28.7 Å². The predicted molar refractivity (Wildman–Crippen MR) is 79.9 cm³/mol. The normalized spacial score (nSPS) is 10.8. The molecular formula is C11H10ClIN2OS. The van der Waals surface area contributed by atoms with Crippen molar-refractivity contribution in [3.8, 4) is 10.7 Å². The third-order valence-corrected chi connectivity index (χ3v) is 4.58. The number of rotatable bonds is 3. The maximum atomic E-state index is 11.8. The fourth-order valence-corrected chi connectivity index (χ4v) is 2.98. The Labute approximate surface area is 121 Å². The quantitative estimate of drug-likeness (QED) is 0.825. The Balaban J connectivity index is 2.52. The van der Waals surface area contributed by atoms with E-state index < -0.39 is 0 Å². The Kier molecular flexibility index (Phi) is 4.22. The van der Waals surface area contributed by atoms with Crippen molar-refractivity contribution in [2.24, 2.45) is 0 Å². The zero-order valence-corrected chi connectivity index (χ0v) is 12.8. The second-order valence-electron chi connectivity index (χ2n) is 3.53. The standard InChI is InChI=1S/C11H10ClIN2OS/c1-2-3-6-9(13)11(16)15-10(14-6)7-4-5-8(12)17-7/h4-5H,2-3H2,1H3,(H,14,15,16). The van der Waals surface area contributed by atoms with Gasteiger partial charge in [0.25, 0.3) is 5.56 Å². The first-order valence-electron chi connectivity index (χ1n) is 5.16. The maximum absolute atomic E-state index is 11.8. The van der Waals surface area contributed by atoms with Gasteiger partial charge >= 0.3 is 0 Å². The fourth-order valence-electron chi connectivity index (χ4n) is 1.47. The number of aromatic nitrogens is 2. The van der Waals surface area contributed by atoms with E-state index in [-0.39, 0.29) is 5.56 Å². The maximum Gasteiger partial charge on any atom is 0.264 e. The van der Waals surface area contributed by atoms with Crippen LogP contribution in [0.4, 0.5) is 0 Å². The summed E-state index contributed by atoms with van der Waals surface area (Å²) in [6.07, 6.45) is 1.78. The van der Waals surface area contributed by atoms with Gasteiger partial charge in [-0.3, -0.25) is 4.79 Å². The van der Waals surface area contributed by atoms with Gasteiger partial charge in [0, 0.05) is 0 Å². The van der Waals surface area contributed by atoms with Crippen LogP contribution in [0.2, 0.25) is 4.34 Å². The average Bonchev–Trinajstić information content (AvgIpc) is 2.71. The Hall–Kier alpha value is -0.400. The summed E-state index contributed by atoms with van der Waals surface area (Å²) in [4.78, 5) is 20.0. The molecule has 17 heavy (non-hydrogen) atoms. The van der Waals surface area contributed by atoms with Gasteiger partial charge in [-0.2, -0.15) is 0 Å². The first-order chi connectivity index (χ1) is 8.11. The second-order valence-corrected chi connectivity index (χ2v) is 6.32. The van der Waals surface area contributed by atoms with Crippen LogP contribution in [0.1, 0.15) is 19.0 Å². The van der Waals surface area contributed by atoms with Crippen LogP contribution in [0.3, 0.4) is 0 Å². The molecule has 0 spiro atoms. The van der Waals surface area contributed by atoms with Crippen molar-refractivity contribution in [1.29, 1.82) is 0 Å². The Morgan fingerprint density at radius 2 is 2.29 bits per heavy atom. The molecule has 0 bridgehead atoms. The SMILES string of the molecule is CCCc1nc(-c2ccc(Cl)s2)[nH]c(=O)c1I. The Bertz CT molecular complexity index is 593. The van der Waals surface area contributed by atoms with Gasteiger partial charge in [-0.25, -0.2) is 4.98 Å². The predicted octanol–water partition coefficient (Wildman–Crippen LogP) is 3.71. The summed E-state index contributed by atoms with van der Waals surface area (Å²) < 4.78 is 1.37. The molecule has 1 N–H and O–H groups in total. The van der Waals surface area contributed by atoms with E-state index in [1.54, 1.807) is 6.07 Å². The molecule has 6 heteroatoms. The van der Waals surface area contributed by atoms with Crippen LogP contribution < -0.4 is 5.56 Å². The van der Waals surface area contributed by atoms with Gasteiger partial charge in [0.05, 0.1) is 18.5 Å². The van der Waals surface area contributed by atoms with Crippen LogP contribution in [-0.4, -0.2) is 9.97 Å². The molecule has 0 saturated heterocycles. The third-order valence-electron chi connectivity index (χ3n) is 2.22. The van der Waals surface area contributed by atoms with Crippen molar-refractivity contribution in [3.05, 3.63) is 36.1 Å². The van der Waals surface area contributed by atoms with Crippen molar-refractivity contribution >= 4 is 45.5 Å². The molecule has 0 aliphatic carbocycles. The minimum Gasteiger partial charge on any atom is -0.305 e. The van der Waals surface area contributed by atoms with E-state index in [0.717, 1.165) is 23.4 Å². The van der Waals surface area contributed by atoms with Crippen molar-refractivity contribution in [1.82, 2.24) is 9.97 Å². The van der Waals surface area contributed by atoms with E-state index in [4.69, 9.17) is 11.6 Å². The molecule has 2 aromatic rings. The van der Waals surface area contributed by atoms with Crippen molar-refractivity contribution in [2.45, 2.75) is 19.8 Å². The highest BCUT2D eigenvalue weighted by Crippen LogP contribution is 2.28. The fraction of sp³-hybridized carbons (Fsp3) is 0.273. The number of nitrogens with one attached hydrogen (secondary N) is 1. The molecule has 0 unspecified atom stereocenters. The highest BCUT2D eigenvalue weighted by atomic mass is 127. The third kappa shape index (κ3) is 2.89. The van der Waals surface area contributed by atoms with Gasteiger partial charge in [0.1, 0.15) is 0 Å². The number of halogens is 2. The van der Waals surface area contributed by atoms with Gasteiger partial charge in [0.2, 0.25) is 0 Å². The van der Waals surface area contributed by atoms with Crippen molar-refractivity contribution in [2.75, 3.05) is 0 Å². The molecule has 0 amide bonds. The lowest BCUT2D eigenvalue weighted by Crippen LogP contribution is -2.16. The van der Waals surface area contributed by atoms with Crippen LogP contribution >= 0.6 is 45.5 Å². The minimum absolute atomic E-state index is 0.0800. The summed E-state index contributed by atoms with van der Waals surface area (Å²) in [6, 6.07) is 3.67. The van der Waals surface area contributed by atoms with Crippen molar-refractivity contribution in [3.63, 3.8) is 0 Å². The van der Waals surface area contributed by atoms with Crippen LogP contribution in [0, 0.1) is 3.57 Å². The molecule has 3 nitrogen and oxygen atoms in total. The van der Waals surface area contributed by atoms with Gasteiger partial charge in [-0.15, -0.1) is 11.3 Å². The van der Waals surface area contributed by atoms with Crippen LogP contribution in [0.15, 0.2) is 16.9 Å². The average molecular weight is 381 g/mol. The molecular weight excluding hydrogens is 371 g/mol. The monoisotopic (exact) mass is 380 g/mol. The first kappa shape index (κ1) is 13.0. The van der Waals surface area contributed by atoms with E-state index >= 15 is 0 Å². The van der Waals surface area contributed by atoms with Gasteiger partial charge in [-0.05, 0) is 41.1 Å². The Morgan fingerprint density at radius 1 is 1.53 bits per heavy atom. The Morgan fingerprint density at radius 3 is 2.88 bits per heavy atom. The zero-order chi connectivity index (χ0) is 12.4. The lowest BCUT2D eigenvalue weighted by molar-refractivity contribution is 0.861. The van der Waals surface area contributed by atoms with E-state index in [1.165, 1.54) is 11.3 Å². The van der Waals surface area contributed by atoms with E-state index in [9.17, 15) is 4.79 Å². The minimum atomic E-state index is -0.0800. The summed E-state index contributed by atoms with van der Waals surface area (Å²) >= 11 is 9.33. The van der Waals surface area contributed by atoms with Crippen LogP contribution in [0.5, 0.6) is 0 Å². The number of hydrogen-bond acceptors (Lipinski definition) is 3. The molecule has 0 aliphatic heterocycles. The van der Waals surface area contributed by atoms with Crippen LogP contribution in [0.25, 0.3) is 10.7 Å². The number of hydrogen-bond donors (Lipinski definition) is 1. The summed E-state index contributed by atoms with van der Waals surface area (Å²) in [6.45, 7) is 2.07. The largest absolute Gasteiger partial charge is 0.305 e. The van der Waals surface area contributed by atoms with E-state index in [0.29, 0.717) is 13.7 Å². The first-order valence-corrected chi connectivity index (χ1v) is 7.43. The molecule has 0 aromatic carbocycles. The number of H-pyrrole nitrogens is 1. The molecule has 2 rings (SSSR count). The zero-order valence-electron chi connectivity index (χ0n) is 9.09. The molecule has 2 aromatic heterocycles.